The lowest BCUT2D eigenvalue weighted by Gasteiger charge is -2.18. The molecule has 1 heterocycles. The van der Waals surface area contributed by atoms with Crippen LogP contribution in [0.4, 0.5) is 0 Å². The maximum Gasteiger partial charge on any atom is 0.336 e. The summed E-state index contributed by atoms with van der Waals surface area (Å²) in [7, 11) is 5.33. The van der Waals surface area contributed by atoms with Crippen molar-refractivity contribution in [2.45, 2.75) is 26.3 Å². The van der Waals surface area contributed by atoms with Gasteiger partial charge in [-0.1, -0.05) is 25.1 Å². The van der Waals surface area contributed by atoms with Crippen molar-refractivity contribution < 1.29 is 13.9 Å². The maximum absolute atomic E-state index is 12.0. The van der Waals surface area contributed by atoms with E-state index in [-0.39, 0.29) is 5.63 Å². The van der Waals surface area contributed by atoms with Crippen LogP contribution in [0.1, 0.15) is 23.6 Å². The summed E-state index contributed by atoms with van der Waals surface area (Å²) in [6.07, 6.45) is 1.78. The molecule has 5 nitrogen and oxygen atoms in total. The van der Waals surface area contributed by atoms with Crippen molar-refractivity contribution in [2.24, 2.45) is 0 Å². The van der Waals surface area contributed by atoms with Crippen LogP contribution in [0.25, 0.3) is 11.0 Å². The van der Waals surface area contributed by atoms with E-state index in [0.29, 0.717) is 12.1 Å². The topological polar surface area (TPSA) is 51.9 Å². The molecule has 2 aromatic carbocycles. The van der Waals surface area contributed by atoms with Gasteiger partial charge in [0, 0.05) is 24.5 Å². The first-order valence-corrected chi connectivity index (χ1v) is 9.49. The lowest BCUT2D eigenvalue weighted by atomic mass is 10.1. The highest BCUT2D eigenvalue weighted by atomic mass is 16.5. The lowest BCUT2D eigenvalue weighted by Crippen LogP contribution is -2.21. The highest BCUT2D eigenvalue weighted by Gasteiger charge is 2.10. The highest BCUT2D eigenvalue weighted by molar-refractivity contribution is 5.80. The molecule has 0 aliphatic rings. The molecule has 0 saturated heterocycles. The Morgan fingerprint density at radius 3 is 2.43 bits per heavy atom. The molecule has 0 N–H and O–H groups in total. The van der Waals surface area contributed by atoms with E-state index in [2.05, 4.69) is 31.0 Å². The average molecular weight is 381 g/mol. The summed E-state index contributed by atoms with van der Waals surface area (Å²) >= 11 is 0. The largest absolute Gasteiger partial charge is 0.493 e. The molecule has 0 bridgehead atoms. The van der Waals surface area contributed by atoms with Crippen LogP contribution < -0.4 is 15.1 Å². The molecule has 0 radical (unpaired) electrons. The Balaban J connectivity index is 1.73. The van der Waals surface area contributed by atoms with Crippen LogP contribution in [0.5, 0.6) is 11.5 Å². The number of fused-ring (bicyclic) bond motifs is 1. The quantitative estimate of drug-likeness (QED) is 0.551. The van der Waals surface area contributed by atoms with Crippen molar-refractivity contribution in [3.8, 4) is 11.5 Å². The first-order chi connectivity index (χ1) is 13.5. The fourth-order valence-corrected chi connectivity index (χ4v) is 3.35. The van der Waals surface area contributed by atoms with Gasteiger partial charge in [-0.05, 0) is 54.8 Å². The molecule has 1 aromatic heterocycles. The number of methoxy groups -OCH3 is 2. The van der Waals surface area contributed by atoms with Gasteiger partial charge in [-0.3, -0.25) is 0 Å². The van der Waals surface area contributed by atoms with Crippen molar-refractivity contribution in [2.75, 3.05) is 27.8 Å². The second-order valence-electron chi connectivity index (χ2n) is 6.95. The van der Waals surface area contributed by atoms with Gasteiger partial charge in [0.05, 0.1) is 14.2 Å². The summed E-state index contributed by atoms with van der Waals surface area (Å²) in [4.78, 5) is 14.2. The molecular weight excluding hydrogens is 354 g/mol. The minimum Gasteiger partial charge on any atom is -0.493 e. The minimum atomic E-state index is -0.302. The zero-order valence-corrected chi connectivity index (χ0v) is 17.0. The number of rotatable bonds is 8. The predicted octanol–water partition coefficient (Wildman–Crippen LogP) is 4.05. The molecular formula is C23H27NO4. The number of aryl methyl sites for hydroxylation is 1. The van der Waals surface area contributed by atoms with Crippen molar-refractivity contribution in [1.29, 1.82) is 0 Å². The molecule has 5 heteroatoms. The Hall–Kier alpha value is -2.79. The van der Waals surface area contributed by atoms with Gasteiger partial charge in [-0.25, -0.2) is 4.79 Å². The van der Waals surface area contributed by atoms with E-state index in [1.54, 1.807) is 20.3 Å². The van der Waals surface area contributed by atoms with E-state index in [9.17, 15) is 4.79 Å². The predicted molar refractivity (Wildman–Crippen MR) is 111 cm³/mol. The fraction of sp³-hybridized carbons (Fsp3) is 0.348. The molecule has 0 atom stereocenters. The second-order valence-corrected chi connectivity index (χ2v) is 6.95. The number of benzene rings is 2. The van der Waals surface area contributed by atoms with Gasteiger partial charge >= 0.3 is 5.63 Å². The van der Waals surface area contributed by atoms with Crippen LogP contribution >= 0.6 is 0 Å². The molecule has 0 aliphatic carbocycles. The molecule has 0 amide bonds. The monoisotopic (exact) mass is 381 g/mol. The van der Waals surface area contributed by atoms with Crippen molar-refractivity contribution in [3.05, 3.63) is 69.6 Å². The third-order valence-electron chi connectivity index (χ3n) is 4.97. The lowest BCUT2D eigenvalue weighted by molar-refractivity contribution is 0.330. The van der Waals surface area contributed by atoms with Crippen LogP contribution in [-0.2, 0) is 19.4 Å². The van der Waals surface area contributed by atoms with E-state index in [1.807, 2.05) is 24.3 Å². The van der Waals surface area contributed by atoms with E-state index in [0.717, 1.165) is 47.4 Å². The number of hydrogen-bond acceptors (Lipinski definition) is 5. The van der Waals surface area contributed by atoms with Crippen LogP contribution in [0.15, 0.2) is 51.7 Å². The molecule has 0 spiro atoms. The van der Waals surface area contributed by atoms with Crippen LogP contribution in [0.3, 0.4) is 0 Å². The number of hydrogen-bond donors (Lipinski definition) is 0. The smallest absolute Gasteiger partial charge is 0.336 e. The summed E-state index contributed by atoms with van der Waals surface area (Å²) in [6.45, 7) is 3.62. The Morgan fingerprint density at radius 1 is 0.964 bits per heavy atom. The van der Waals surface area contributed by atoms with Crippen LogP contribution in [0.2, 0.25) is 0 Å². The van der Waals surface area contributed by atoms with Gasteiger partial charge in [-0.2, -0.15) is 0 Å². The summed E-state index contributed by atoms with van der Waals surface area (Å²) in [5, 5.41) is 0.995. The van der Waals surface area contributed by atoms with Gasteiger partial charge in [-0.15, -0.1) is 0 Å². The molecule has 148 valence electrons. The van der Waals surface area contributed by atoms with Crippen molar-refractivity contribution in [1.82, 2.24) is 4.90 Å². The first-order valence-electron chi connectivity index (χ1n) is 9.49. The zero-order valence-electron chi connectivity index (χ0n) is 17.0. The maximum atomic E-state index is 12.0. The number of likely N-dealkylation sites (N-methyl/N-ethyl adjacent to an activating group) is 1. The van der Waals surface area contributed by atoms with Crippen molar-refractivity contribution >= 4 is 11.0 Å². The molecule has 0 fully saturated rings. The number of ether oxygens (including phenoxy) is 2. The van der Waals surface area contributed by atoms with Crippen LogP contribution in [0, 0.1) is 0 Å². The Kier molecular flexibility index (Phi) is 6.37. The van der Waals surface area contributed by atoms with Gasteiger partial charge in [0.25, 0.3) is 0 Å². The Bertz CT molecular complexity index is 1010. The van der Waals surface area contributed by atoms with E-state index < -0.39 is 0 Å². The van der Waals surface area contributed by atoms with E-state index in [1.165, 1.54) is 5.56 Å². The molecule has 0 saturated carbocycles. The van der Waals surface area contributed by atoms with Crippen molar-refractivity contribution in [3.63, 3.8) is 0 Å². The van der Waals surface area contributed by atoms with Crippen LogP contribution in [-0.4, -0.2) is 32.7 Å². The minimum absolute atomic E-state index is 0.302. The van der Waals surface area contributed by atoms with Gasteiger partial charge in [0.15, 0.2) is 11.5 Å². The zero-order chi connectivity index (χ0) is 20.1. The number of nitrogens with zero attached hydrogens (tertiary/aromatic N) is 1. The normalized spacial score (nSPS) is 11.2. The SMILES string of the molecule is CCc1ccc2c(CN(C)CCc3ccc(OC)c(OC)c3)cc(=O)oc2c1. The molecule has 3 aromatic rings. The third kappa shape index (κ3) is 4.54. The Labute approximate surface area is 165 Å². The summed E-state index contributed by atoms with van der Waals surface area (Å²) < 4.78 is 16.1. The summed E-state index contributed by atoms with van der Waals surface area (Å²) in [6, 6.07) is 13.7. The summed E-state index contributed by atoms with van der Waals surface area (Å²) in [5.41, 5.74) is 3.69. The van der Waals surface area contributed by atoms with Gasteiger partial charge in [0.2, 0.25) is 0 Å². The van der Waals surface area contributed by atoms with Gasteiger partial charge in [0.1, 0.15) is 5.58 Å². The van der Waals surface area contributed by atoms with Gasteiger partial charge < -0.3 is 18.8 Å². The molecule has 3 rings (SSSR count). The fourth-order valence-electron chi connectivity index (χ4n) is 3.35. The highest BCUT2D eigenvalue weighted by Crippen LogP contribution is 2.28. The van der Waals surface area contributed by atoms with E-state index in [4.69, 9.17) is 13.9 Å². The Morgan fingerprint density at radius 2 is 1.71 bits per heavy atom. The van der Waals surface area contributed by atoms with E-state index >= 15 is 0 Å². The molecule has 0 unspecified atom stereocenters. The first kappa shape index (κ1) is 20.0. The summed E-state index contributed by atoms with van der Waals surface area (Å²) in [5.74, 6) is 1.47. The third-order valence-corrected chi connectivity index (χ3v) is 4.97. The molecule has 0 aliphatic heterocycles. The standard InChI is InChI=1S/C23H27NO4/c1-5-16-6-8-19-18(14-23(25)28-21(19)12-16)15-24(2)11-10-17-7-9-20(26-3)22(13-17)27-4/h6-9,12-14H,5,10-11,15H2,1-4H3. The average Bonchev–Trinajstić information content (AvgIpc) is 2.71. The molecule has 28 heavy (non-hydrogen) atoms. The second kappa shape index (κ2) is 8.93.